The van der Waals surface area contributed by atoms with E-state index in [0.717, 1.165) is 31.1 Å². The topological polar surface area (TPSA) is 379 Å². The number of carbonyl (C=O) groups is 6. The van der Waals surface area contributed by atoms with Crippen LogP contribution in [-0.4, -0.2) is 120 Å². The Labute approximate surface area is 523 Å². The van der Waals surface area contributed by atoms with Crippen molar-refractivity contribution in [3.05, 3.63) is 185 Å². The standard InChI is InChI=1S/C18H20N2O6S.C17H18N2O4.C8H8O3.C7H6O3.C3H10N2.2Ac/c1-13-6-8-14(9-7-13)17(21)19-10-3-11-20-18(22)15-4-2-5-16(12-15)26-27(23,24)25;20-14-7-5-12(6-8-14)16(22)18-9-2-10-19-17(23)13-3-1-4-15(21)11-13;1-11-8(10)6-3-2-4-7(9)5-6;8-6-3-1-5(2-4-6)7(9)10;4-2-1-3-5;;/h2,4-9,12H,3,10-11H2,1H3,(H,19,21)(H,20,22)(H,23,24,25);1,3-8,11,20-21H,2,9-10H2,(H,18,22)(H,19,23);2-5,9H,1H3;1-4,8H,(H,9,10);1-5H2;;/p-1. The number of rotatable bonds is 18. The second-order valence-electron chi connectivity index (χ2n) is 15.5. The monoisotopic (exact) mass is 1520 g/mol. The summed E-state index contributed by atoms with van der Waals surface area (Å²) in [6, 6.07) is 35.9. The molecule has 0 saturated carbocycles. The number of phenolic OH excluding ortho intramolecular Hbond substituents is 4. The van der Waals surface area contributed by atoms with Crippen molar-refractivity contribution in [1.29, 1.82) is 0 Å². The molecule has 78 heavy (non-hydrogen) atoms. The molecule has 4 amide bonds. The number of carbonyl (C=O) groups excluding carboxylic acids is 5. The van der Waals surface area contributed by atoms with E-state index in [0.29, 0.717) is 61.3 Å². The molecule has 0 aliphatic heterocycles. The summed E-state index contributed by atoms with van der Waals surface area (Å²) in [4.78, 5) is 68.7. The van der Waals surface area contributed by atoms with Gasteiger partial charge in [-0.25, -0.2) is 18.0 Å². The van der Waals surface area contributed by atoms with E-state index in [2.05, 4.69) is 30.2 Å². The number of esters is 1. The van der Waals surface area contributed by atoms with Gasteiger partial charge in [-0.2, -0.15) is 0 Å². The number of carboxylic acids is 1. The molecule has 13 N–H and O–H groups in total. The third-order valence-corrected chi connectivity index (χ3v) is 9.88. The van der Waals surface area contributed by atoms with E-state index in [1.54, 1.807) is 36.4 Å². The second kappa shape index (κ2) is 40.1. The van der Waals surface area contributed by atoms with Crippen LogP contribution in [0.15, 0.2) is 146 Å². The number of aromatic carboxylic acids is 1. The van der Waals surface area contributed by atoms with E-state index in [9.17, 15) is 46.8 Å². The van der Waals surface area contributed by atoms with Gasteiger partial charge < -0.3 is 71.7 Å². The van der Waals surface area contributed by atoms with E-state index < -0.39 is 28.2 Å². The molecule has 0 aliphatic rings. The summed E-state index contributed by atoms with van der Waals surface area (Å²) in [5.41, 5.74) is 13.3. The van der Waals surface area contributed by atoms with Crippen molar-refractivity contribution in [1.82, 2.24) is 21.3 Å². The normalized spacial score (nSPS) is 9.76. The molecule has 6 aromatic rings. The van der Waals surface area contributed by atoms with Crippen LogP contribution in [0.1, 0.15) is 87.0 Å². The van der Waals surface area contributed by atoms with Gasteiger partial charge in [-0.15, -0.1) is 0 Å². The molecule has 0 aliphatic carbocycles. The molecular weight excluding hydrogens is 1460 g/mol. The molecule has 0 unspecified atom stereocenters. The molecule has 0 saturated heterocycles. The van der Waals surface area contributed by atoms with Crippen LogP contribution in [0.25, 0.3) is 0 Å². The SMILES string of the molecule is COC(=O)c1cccc(O)c1.Cc1ccc(C(=O)NCCCNC(=O)c2cccc(OS(=O)(=O)[O-])c2)cc1.NCCCN.O=C(NCCCNC(=O)c1cccc(O)c1)c1ccc(O)cc1.O=C(O)c1ccc(O)cc1.[Ac].[Ac]. The van der Waals surface area contributed by atoms with E-state index in [-0.39, 0.29) is 146 Å². The maximum absolute atomic E-state index is 12.0. The number of carboxylic acid groups (broad SMARTS) is 1. The molecule has 0 atom stereocenters. The van der Waals surface area contributed by atoms with Crippen molar-refractivity contribution in [2.45, 2.75) is 26.2 Å². The zero-order chi connectivity index (χ0) is 56.5. The molecule has 0 heterocycles. The van der Waals surface area contributed by atoms with Crippen LogP contribution in [0.4, 0.5) is 0 Å². The van der Waals surface area contributed by atoms with Crippen molar-refractivity contribution < 1.29 is 164 Å². The summed E-state index contributed by atoms with van der Waals surface area (Å²) in [7, 11) is -3.60. The Hall–Kier alpha value is -6.15. The molecule has 2 radical (unpaired) electrons. The van der Waals surface area contributed by atoms with Crippen LogP contribution in [0.3, 0.4) is 0 Å². The number of nitrogens with one attached hydrogen (secondary N) is 4. The zero-order valence-electron chi connectivity index (χ0n) is 42.7. The summed E-state index contributed by atoms with van der Waals surface area (Å²) < 4.78 is 40.4. The van der Waals surface area contributed by atoms with Crippen molar-refractivity contribution in [3.63, 3.8) is 0 Å². The first-order chi connectivity index (χ1) is 36.2. The van der Waals surface area contributed by atoms with Crippen molar-refractivity contribution in [2.24, 2.45) is 11.5 Å². The number of methoxy groups -OCH3 is 1. The number of benzene rings is 6. The van der Waals surface area contributed by atoms with Gasteiger partial charge in [-0.3, -0.25) is 19.2 Å². The minimum Gasteiger partial charge on any atom is -0.716 e. The fourth-order valence-corrected chi connectivity index (χ4v) is 5.98. The number of amides is 4. The van der Waals surface area contributed by atoms with Gasteiger partial charge in [0.05, 0.1) is 18.2 Å². The third kappa shape index (κ3) is 31.3. The van der Waals surface area contributed by atoms with E-state index in [1.165, 1.54) is 98.1 Å². The summed E-state index contributed by atoms with van der Waals surface area (Å²) in [6.45, 7) is 4.88. The first-order valence-corrected chi connectivity index (χ1v) is 24.3. The predicted octanol–water partition coefficient (Wildman–Crippen LogP) is 4.59. The Kier molecular flexibility index (Phi) is 36.9. The quantitative estimate of drug-likeness (QED) is 0.0242. The fraction of sp³-hybridized carbons (Fsp3) is 0.208. The Morgan fingerprint density at radius 3 is 1.22 bits per heavy atom. The maximum atomic E-state index is 12.0. The molecule has 412 valence electrons. The van der Waals surface area contributed by atoms with Crippen LogP contribution < -0.4 is 36.9 Å². The molecule has 6 aromatic carbocycles. The molecule has 25 heteroatoms. The van der Waals surface area contributed by atoms with Gasteiger partial charge in [0.25, 0.3) is 34.0 Å². The number of aryl methyl sites for hydroxylation is 1. The predicted molar refractivity (Wildman–Crippen MR) is 280 cm³/mol. The minimum atomic E-state index is -4.90. The summed E-state index contributed by atoms with van der Waals surface area (Å²) in [5, 5.41) is 55.4. The number of ether oxygens (including phenoxy) is 1. The molecule has 0 aromatic heterocycles. The largest absolute Gasteiger partial charge is 0.716 e. The van der Waals surface area contributed by atoms with Crippen molar-refractivity contribution >= 4 is 46.0 Å². The molecule has 0 bridgehead atoms. The van der Waals surface area contributed by atoms with Gasteiger partial charge in [0, 0.05) is 137 Å². The number of hydrogen-bond acceptors (Lipinski definition) is 17. The van der Waals surface area contributed by atoms with E-state index in [4.69, 9.17) is 31.9 Å². The number of phenols is 4. The average Bonchev–Trinajstić information content (AvgIpc) is 3.39. The van der Waals surface area contributed by atoms with Gasteiger partial charge in [0.2, 0.25) is 0 Å². The molecular formula is C53H61Ac2N6O16S-. The fourth-order valence-electron chi connectivity index (χ4n) is 5.64. The van der Waals surface area contributed by atoms with Crippen molar-refractivity contribution in [2.75, 3.05) is 46.4 Å². The number of aromatic hydroxyl groups is 4. The summed E-state index contributed by atoms with van der Waals surface area (Å²) in [6.07, 6.45) is 2.03. The van der Waals surface area contributed by atoms with Gasteiger partial charge in [-0.05, 0) is 155 Å². The Morgan fingerprint density at radius 2 is 0.846 bits per heavy atom. The summed E-state index contributed by atoms with van der Waals surface area (Å²) >= 11 is 0. The smallest absolute Gasteiger partial charge is 0.337 e. The number of hydrogen-bond donors (Lipinski definition) is 11. The number of nitrogens with two attached hydrogens (primary N) is 2. The molecule has 0 spiro atoms. The average molecular weight is 1520 g/mol. The third-order valence-electron chi connectivity index (χ3n) is 9.49. The van der Waals surface area contributed by atoms with E-state index >= 15 is 0 Å². The van der Waals surface area contributed by atoms with Crippen molar-refractivity contribution in [3.8, 4) is 28.7 Å². The first kappa shape index (κ1) is 71.9. The Morgan fingerprint density at radius 1 is 0.487 bits per heavy atom. The van der Waals surface area contributed by atoms with E-state index in [1.807, 2.05) is 19.1 Å². The van der Waals surface area contributed by atoms with Crippen LogP contribution in [0, 0.1) is 95.0 Å². The van der Waals surface area contributed by atoms with Gasteiger partial charge >= 0.3 is 11.9 Å². The van der Waals surface area contributed by atoms with Crippen LogP contribution in [0.5, 0.6) is 28.7 Å². The van der Waals surface area contributed by atoms with Crippen LogP contribution in [-0.2, 0) is 15.1 Å². The second-order valence-corrected chi connectivity index (χ2v) is 16.5. The minimum absolute atomic E-state index is 0. The summed E-state index contributed by atoms with van der Waals surface area (Å²) in [5.74, 6) is -2.52. The van der Waals surface area contributed by atoms with Gasteiger partial charge in [0.1, 0.15) is 28.7 Å². The van der Waals surface area contributed by atoms with Gasteiger partial charge in [0.15, 0.2) is 0 Å². The Bertz CT molecular complexity index is 2900. The van der Waals surface area contributed by atoms with Crippen LogP contribution in [0.2, 0.25) is 0 Å². The van der Waals surface area contributed by atoms with Crippen LogP contribution >= 0.6 is 0 Å². The molecule has 22 nitrogen and oxygen atoms in total. The molecule has 0 fully saturated rings. The van der Waals surface area contributed by atoms with Gasteiger partial charge in [-0.1, -0.05) is 35.9 Å². The molecule has 6 rings (SSSR count). The first-order valence-electron chi connectivity index (χ1n) is 23.0. The zero-order valence-corrected chi connectivity index (χ0v) is 53.0. The maximum Gasteiger partial charge on any atom is 0.337 e. The Balaban J connectivity index is 0.00000104.